The summed E-state index contributed by atoms with van der Waals surface area (Å²) in [6.45, 7) is 6.33. The molecule has 0 bridgehead atoms. The van der Waals surface area contributed by atoms with Crippen LogP contribution in [0.25, 0.3) is 0 Å². The lowest BCUT2D eigenvalue weighted by molar-refractivity contribution is -0.122. The lowest BCUT2D eigenvalue weighted by Crippen LogP contribution is -2.44. The van der Waals surface area contributed by atoms with Gasteiger partial charge in [-0.1, -0.05) is 33.1 Å². The Morgan fingerprint density at radius 2 is 2.24 bits per heavy atom. The molecule has 3 heteroatoms. The Hall–Kier alpha value is -0.570. The topological polar surface area (TPSA) is 41.1 Å². The highest BCUT2D eigenvalue weighted by atomic mass is 16.2. The third-order valence-corrected chi connectivity index (χ3v) is 3.73. The molecule has 0 aromatic heterocycles. The highest BCUT2D eigenvalue weighted by Gasteiger charge is 2.20. The van der Waals surface area contributed by atoms with Gasteiger partial charge < -0.3 is 10.6 Å². The minimum absolute atomic E-state index is 0.0492. The lowest BCUT2D eigenvalue weighted by Gasteiger charge is -2.20. The van der Waals surface area contributed by atoms with Gasteiger partial charge in [-0.2, -0.15) is 0 Å². The molecular weight excluding hydrogens is 212 g/mol. The number of carbonyl (C=O) groups is 1. The predicted molar refractivity (Wildman–Crippen MR) is 72.0 cm³/mol. The van der Waals surface area contributed by atoms with Crippen molar-refractivity contribution in [2.24, 2.45) is 5.92 Å². The van der Waals surface area contributed by atoms with Crippen LogP contribution in [0, 0.1) is 5.92 Å². The van der Waals surface area contributed by atoms with E-state index in [9.17, 15) is 4.79 Å². The first-order chi connectivity index (χ1) is 8.27. The Morgan fingerprint density at radius 3 is 2.94 bits per heavy atom. The van der Waals surface area contributed by atoms with Gasteiger partial charge in [-0.15, -0.1) is 0 Å². The van der Waals surface area contributed by atoms with E-state index in [0.717, 1.165) is 38.3 Å². The summed E-state index contributed by atoms with van der Waals surface area (Å²) in [7, 11) is 0. The fourth-order valence-electron chi connectivity index (χ4n) is 2.39. The maximum Gasteiger partial charge on any atom is 0.237 e. The van der Waals surface area contributed by atoms with E-state index in [1.54, 1.807) is 0 Å². The normalized spacial score (nSPS) is 22.9. The summed E-state index contributed by atoms with van der Waals surface area (Å²) < 4.78 is 0. The summed E-state index contributed by atoms with van der Waals surface area (Å²) >= 11 is 0. The molecule has 2 atom stereocenters. The molecule has 0 spiro atoms. The third-order valence-electron chi connectivity index (χ3n) is 3.73. The van der Waals surface area contributed by atoms with Gasteiger partial charge in [-0.05, 0) is 38.1 Å². The molecule has 1 aliphatic rings. The molecule has 3 nitrogen and oxygen atoms in total. The molecule has 1 fully saturated rings. The predicted octanol–water partition coefficient (Wildman–Crippen LogP) is 2.46. The number of rotatable bonds is 7. The summed E-state index contributed by atoms with van der Waals surface area (Å²) in [5.74, 6) is 0.929. The largest absolute Gasteiger partial charge is 0.355 e. The van der Waals surface area contributed by atoms with Gasteiger partial charge in [0.2, 0.25) is 5.91 Å². The van der Waals surface area contributed by atoms with E-state index in [1.165, 1.54) is 25.7 Å². The van der Waals surface area contributed by atoms with Crippen molar-refractivity contribution in [3.05, 3.63) is 0 Å². The van der Waals surface area contributed by atoms with Crippen molar-refractivity contribution in [3.63, 3.8) is 0 Å². The molecule has 0 saturated carbocycles. The first-order valence-electron chi connectivity index (χ1n) is 7.29. The van der Waals surface area contributed by atoms with Crippen molar-refractivity contribution in [1.82, 2.24) is 10.6 Å². The van der Waals surface area contributed by atoms with Crippen LogP contribution in [0.4, 0.5) is 0 Å². The average molecular weight is 240 g/mol. The van der Waals surface area contributed by atoms with Gasteiger partial charge in [0.05, 0.1) is 6.04 Å². The summed E-state index contributed by atoms with van der Waals surface area (Å²) in [4.78, 5) is 11.8. The monoisotopic (exact) mass is 240 g/mol. The quantitative estimate of drug-likeness (QED) is 0.718. The zero-order chi connectivity index (χ0) is 12.5. The Kier molecular flexibility index (Phi) is 7.25. The van der Waals surface area contributed by atoms with Crippen molar-refractivity contribution in [2.75, 3.05) is 13.1 Å². The van der Waals surface area contributed by atoms with E-state index in [0.29, 0.717) is 0 Å². The molecule has 1 rings (SSSR count). The van der Waals surface area contributed by atoms with Gasteiger partial charge in [-0.25, -0.2) is 0 Å². The minimum Gasteiger partial charge on any atom is -0.355 e. The molecule has 0 aromatic rings. The van der Waals surface area contributed by atoms with Crippen LogP contribution in [0.1, 0.15) is 58.8 Å². The zero-order valence-electron chi connectivity index (χ0n) is 11.4. The van der Waals surface area contributed by atoms with Crippen LogP contribution in [0.5, 0.6) is 0 Å². The SMILES string of the molecule is CCCCC(CC)CNC1CCCCNC1=O. The molecule has 1 heterocycles. The molecule has 2 N–H and O–H groups in total. The van der Waals surface area contributed by atoms with E-state index >= 15 is 0 Å². The Bertz CT molecular complexity index is 218. The molecule has 0 radical (unpaired) electrons. The van der Waals surface area contributed by atoms with Crippen molar-refractivity contribution in [3.8, 4) is 0 Å². The van der Waals surface area contributed by atoms with E-state index in [4.69, 9.17) is 0 Å². The van der Waals surface area contributed by atoms with E-state index in [1.807, 2.05) is 0 Å². The smallest absolute Gasteiger partial charge is 0.237 e. The molecular formula is C14H28N2O. The number of hydrogen-bond donors (Lipinski definition) is 2. The Morgan fingerprint density at radius 1 is 1.41 bits per heavy atom. The van der Waals surface area contributed by atoms with Gasteiger partial charge in [0.15, 0.2) is 0 Å². The van der Waals surface area contributed by atoms with Crippen LogP contribution in [-0.2, 0) is 4.79 Å². The summed E-state index contributed by atoms with van der Waals surface area (Å²) in [6, 6.07) is 0.0492. The second-order valence-corrected chi connectivity index (χ2v) is 5.16. The van der Waals surface area contributed by atoms with Gasteiger partial charge in [0.25, 0.3) is 0 Å². The molecule has 1 saturated heterocycles. The highest BCUT2D eigenvalue weighted by Crippen LogP contribution is 2.13. The van der Waals surface area contributed by atoms with Gasteiger partial charge >= 0.3 is 0 Å². The van der Waals surface area contributed by atoms with Crippen LogP contribution in [0.15, 0.2) is 0 Å². The van der Waals surface area contributed by atoms with Crippen molar-refractivity contribution < 1.29 is 4.79 Å². The molecule has 0 aromatic carbocycles. The van der Waals surface area contributed by atoms with Crippen LogP contribution >= 0.6 is 0 Å². The zero-order valence-corrected chi connectivity index (χ0v) is 11.4. The van der Waals surface area contributed by atoms with Crippen LogP contribution in [0.2, 0.25) is 0 Å². The standard InChI is InChI=1S/C14H28N2O/c1-3-5-8-12(4-2)11-16-13-9-6-7-10-15-14(13)17/h12-13,16H,3-11H2,1-2H3,(H,15,17). The second-order valence-electron chi connectivity index (χ2n) is 5.16. The maximum absolute atomic E-state index is 11.8. The molecule has 100 valence electrons. The van der Waals surface area contributed by atoms with Crippen LogP contribution in [0.3, 0.4) is 0 Å². The molecule has 1 amide bonds. The molecule has 0 aliphatic carbocycles. The summed E-state index contributed by atoms with van der Waals surface area (Å²) in [5.41, 5.74) is 0. The van der Waals surface area contributed by atoms with E-state index in [2.05, 4.69) is 24.5 Å². The number of unbranched alkanes of at least 4 members (excludes halogenated alkanes) is 1. The lowest BCUT2D eigenvalue weighted by atomic mass is 9.98. The number of nitrogens with one attached hydrogen (secondary N) is 2. The summed E-state index contributed by atoms with van der Waals surface area (Å²) in [5, 5.41) is 6.44. The fourth-order valence-corrected chi connectivity index (χ4v) is 2.39. The van der Waals surface area contributed by atoms with Gasteiger partial charge in [0, 0.05) is 6.54 Å². The molecule has 1 aliphatic heterocycles. The number of hydrogen-bond acceptors (Lipinski definition) is 2. The fraction of sp³-hybridized carbons (Fsp3) is 0.929. The number of carbonyl (C=O) groups excluding carboxylic acids is 1. The van der Waals surface area contributed by atoms with Gasteiger partial charge in [-0.3, -0.25) is 4.79 Å². The van der Waals surface area contributed by atoms with Gasteiger partial charge in [0.1, 0.15) is 0 Å². The van der Waals surface area contributed by atoms with Crippen LogP contribution < -0.4 is 10.6 Å². The number of amides is 1. The van der Waals surface area contributed by atoms with Crippen molar-refractivity contribution in [2.45, 2.75) is 64.8 Å². The second kappa shape index (κ2) is 8.51. The van der Waals surface area contributed by atoms with Crippen LogP contribution in [-0.4, -0.2) is 25.0 Å². The first kappa shape index (κ1) is 14.5. The summed E-state index contributed by atoms with van der Waals surface area (Å²) in [6.07, 6.45) is 8.34. The van der Waals surface area contributed by atoms with E-state index < -0.39 is 0 Å². The Balaban J connectivity index is 2.28. The molecule has 17 heavy (non-hydrogen) atoms. The average Bonchev–Trinajstić information content (AvgIpc) is 2.55. The molecule has 2 unspecified atom stereocenters. The van der Waals surface area contributed by atoms with Crippen molar-refractivity contribution in [1.29, 1.82) is 0 Å². The third kappa shape index (κ3) is 5.53. The van der Waals surface area contributed by atoms with Crippen molar-refractivity contribution >= 4 is 5.91 Å². The van der Waals surface area contributed by atoms with E-state index in [-0.39, 0.29) is 11.9 Å². The maximum atomic E-state index is 11.8. The first-order valence-corrected chi connectivity index (χ1v) is 7.29. The Labute approximate surface area is 106 Å². The highest BCUT2D eigenvalue weighted by molar-refractivity contribution is 5.81. The minimum atomic E-state index is 0.0492.